The number of nitrogens with zero attached hydrogens (tertiary/aromatic N) is 3. The van der Waals surface area contributed by atoms with Crippen molar-refractivity contribution >= 4 is 29.0 Å². The van der Waals surface area contributed by atoms with Gasteiger partial charge >= 0.3 is 5.69 Å². The summed E-state index contributed by atoms with van der Waals surface area (Å²) in [4.78, 5) is 23.2. The van der Waals surface area contributed by atoms with Crippen molar-refractivity contribution in [2.45, 2.75) is 42.4 Å². The van der Waals surface area contributed by atoms with Crippen molar-refractivity contribution in [2.24, 2.45) is 0 Å². The van der Waals surface area contributed by atoms with E-state index in [0.29, 0.717) is 10.9 Å². The van der Waals surface area contributed by atoms with Gasteiger partial charge < -0.3 is 5.32 Å². The van der Waals surface area contributed by atoms with Gasteiger partial charge in [0.05, 0.1) is 4.92 Å². The SMILES string of the molecule is O=C(Cn1cc([N+](=O)[O-])cn1)Nc1ccc(SC2CCCC2)cc1. The summed E-state index contributed by atoms with van der Waals surface area (Å²) in [5.74, 6) is -0.274. The van der Waals surface area contributed by atoms with E-state index >= 15 is 0 Å². The quantitative estimate of drug-likeness (QED) is 0.639. The number of amides is 1. The van der Waals surface area contributed by atoms with Crippen molar-refractivity contribution < 1.29 is 9.72 Å². The van der Waals surface area contributed by atoms with Crippen LogP contribution < -0.4 is 5.32 Å². The summed E-state index contributed by atoms with van der Waals surface area (Å²) in [5.41, 5.74) is 0.577. The Morgan fingerprint density at radius 1 is 1.33 bits per heavy atom. The molecule has 1 heterocycles. The molecule has 0 atom stereocenters. The number of hydrogen-bond acceptors (Lipinski definition) is 5. The molecule has 1 aromatic carbocycles. The Bertz CT molecular complexity index is 723. The molecule has 3 rings (SSSR count). The summed E-state index contributed by atoms with van der Waals surface area (Å²) in [6, 6.07) is 7.77. The van der Waals surface area contributed by atoms with E-state index in [0.717, 1.165) is 6.20 Å². The smallest absolute Gasteiger partial charge is 0.307 e. The van der Waals surface area contributed by atoms with E-state index in [1.165, 1.54) is 41.5 Å². The molecule has 0 unspecified atom stereocenters. The van der Waals surface area contributed by atoms with Crippen LogP contribution in [0.5, 0.6) is 0 Å². The number of anilines is 1. The molecule has 0 saturated heterocycles. The maximum Gasteiger partial charge on any atom is 0.307 e. The first kappa shape index (κ1) is 16.5. The molecule has 24 heavy (non-hydrogen) atoms. The number of hydrogen-bond donors (Lipinski definition) is 1. The summed E-state index contributed by atoms with van der Waals surface area (Å²) in [7, 11) is 0. The maximum absolute atomic E-state index is 12.0. The zero-order valence-electron chi connectivity index (χ0n) is 13.1. The molecule has 0 aliphatic heterocycles. The highest BCUT2D eigenvalue weighted by Gasteiger charge is 2.16. The third-order valence-electron chi connectivity index (χ3n) is 3.88. The summed E-state index contributed by atoms with van der Waals surface area (Å²) >= 11 is 1.90. The average Bonchev–Trinajstić information content (AvgIpc) is 3.21. The molecule has 1 saturated carbocycles. The maximum atomic E-state index is 12.0. The van der Waals surface area contributed by atoms with Crippen molar-refractivity contribution in [3.8, 4) is 0 Å². The van der Waals surface area contributed by atoms with Gasteiger partial charge in [0.1, 0.15) is 18.9 Å². The predicted molar refractivity (Wildman–Crippen MR) is 92.1 cm³/mol. The fourth-order valence-electron chi connectivity index (χ4n) is 2.70. The topological polar surface area (TPSA) is 90.1 Å². The number of nitrogens with one attached hydrogen (secondary N) is 1. The number of thioether (sulfide) groups is 1. The molecule has 0 spiro atoms. The van der Waals surface area contributed by atoms with Crippen LogP contribution in [0, 0.1) is 10.1 Å². The van der Waals surface area contributed by atoms with Crippen molar-refractivity contribution in [2.75, 3.05) is 5.32 Å². The highest BCUT2D eigenvalue weighted by atomic mass is 32.2. The Labute approximate surface area is 143 Å². The van der Waals surface area contributed by atoms with Crippen LogP contribution in [0.1, 0.15) is 25.7 Å². The van der Waals surface area contributed by atoms with Gasteiger partial charge in [0, 0.05) is 15.8 Å². The summed E-state index contributed by atoms with van der Waals surface area (Å²) in [6.07, 6.45) is 7.55. The van der Waals surface area contributed by atoms with E-state index in [9.17, 15) is 14.9 Å². The van der Waals surface area contributed by atoms with E-state index < -0.39 is 4.92 Å². The molecule has 126 valence electrons. The number of aromatic nitrogens is 2. The molecule has 1 aliphatic carbocycles. The van der Waals surface area contributed by atoms with Crippen molar-refractivity contribution in [1.82, 2.24) is 9.78 Å². The molecule has 1 amide bonds. The average molecular weight is 346 g/mol. The summed E-state index contributed by atoms with van der Waals surface area (Å²) in [5, 5.41) is 17.9. The minimum atomic E-state index is -0.540. The molecule has 1 N–H and O–H groups in total. The Kier molecular flexibility index (Phi) is 5.14. The van der Waals surface area contributed by atoms with Gasteiger partial charge in [-0.3, -0.25) is 19.6 Å². The molecule has 2 aromatic rings. The lowest BCUT2D eigenvalue weighted by Crippen LogP contribution is -2.18. The molecular weight excluding hydrogens is 328 g/mol. The number of carbonyl (C=O) groups excluding carboxylic acids is 1. The highest BCUT2D eigenvalue weighted by Crippen LogP contribution is 2.34. The minimum Gasteiger partial charge on any atom is -0.324 e. The second-order valence-corrected chi connectivity index (χ2v) is 7.12. The normalized spacial score (nSPS) is 14.7. The van der Waals surface area contributed by atoms with Crippen LogP contribution in [0.25, 0.3) is 0 Å². The second kappa shape index (κ2) is 7.48. The van der Waals surface area contributed by atoms with Gasteiger partial charge in [-0.15, -0.1) is 11.8 Å². The molecule has 1 fully saturated rings. The van der Waals surface area contributed by atoms with E-state index in [1.807, 2.05) is 36.0 Å². The van der Waals surface area contributed by atoms with Crippen LogP contribution in [0.15, 0.2) is 41.6 Å². The van der Waals surface area contributed by atoms with Crippen LogP contribution in [0.3, 0.4) is 0 Å². The zero-order chi connectivity index (χ0) is 16.9. The highest BCUT2D eigenvalue weighted by molar-refractivity contribution is 8.00. The molecule has 1 aliphatic rings. The number of benzene rings is 1. The first-order valence-electron chi connectivity index (χ1n) is 7.83. The third kappa shape index (κ3) is 4.35. The van der Waals surface area contributed by atoms with Crippen LogP contribution in [-0.4, -0.2) is 25.9 Å². The van der Waals surface area contributed by atoms with Crippen LogP contribution >= 0.6 is 11.8 Å². The minimum absolute atomic E-state index is 0.0631. The lowest BCUT2D eigenvalue weighted by atomic mass is 10.3. The van der Waals surface area contributed by atoms with Crippen molar-refractivity contribution in [1.29, 1.82) is 0 Å². The molecular formula is C16H18N4O3S. The van der Waals surface area contributed by atoms with Crippen LogP contribution in [0.2, 0.25) is 0 Å². The zero-order valence-corrected chi connectivity index (χ0v) is 13.9. The first-order chi connectivity index (χ1) is 11.6. The van der Waals surface area contributed by atoms with Crippen molar-refractivity contribution in [3.05, 3.63) is 46.8 Å². The van der Waals surface area contributed by atoms with Gasteiger partial charge in [-0.2, -0.15) is 5.10 Å². The summed E-state index contributed by atoms with van der Waals surface area (Å²) in [6.45, 7) is -0.0631. The van der Waals surface area contributed by atoms with E-state index in [-0.39, 0.29) is 18.1 Å². The number of nitro groups is 1. The largest absolute Gasteiger partial charge is 0.324 e. The molecule has 0 bridgehead atoms. The Balaban J connectivity index is 1.52. The predicted octanol–water partition coefficient (Wildman–Crippen LogP) is 3.46. The van der Waals surface area contributed by atoms with Gasteiger partial charge in [0.2, 0.25) is 5.91 Å². The van der Waals surface area contributed by atoms with Gasteiger partial charge in [0.25, 0.3) is 0 Å². The second-order valence-electron chi connectivity index (χ2n) is 5.75. The lowest BCUT2D eigenvalue weighted by Gasteiger charge is -2.10. The van der Waals surface area contributed by atoms with E-state index in [2.05, 4.69) is 10.4 Å². The van der Waals surface area contributed by atoms with Crippen LogP contribution in [-0.2, 0) is 11.3 Å². The number of rotatable bonds is 6. The Morgan fingerprint density at radius 2 is 2.04 bits per heavy atom. The van der Waals surface area contributed by atoms with E-state index in [4.69, 9.17) is 0 Å². The monoisotopic (exact) mass is 346 g/mol. The molecule has 8 heteroatoms. The van der Waals surface area contributed by atoms with Crippen LogP contribution in [0.4, 0.5) is 11.4 Å². The fraction of sp³-hybridized carbons (Fsp3) is 0.375. The molecule has 0 radical (unpaired) electrons. The van der Waals surface area contributed by atoms with Gasteiger partial charge in [-0.05, 0) is 37.1 Å². The lowest BCUT2D eigenvalue weighted by molar-refractivity contribution is -0.385. The van der Waals surface area contributed by atoms with Gasteiger partial charge in [0.15, 0.2) is 0 Å². The fourth-order valence-corrected chi connectivity index (χ4v) is 3.94. The Hall–Kier alpha value is -2.35. The molecule has 7 nitrogen and oxygen atoms in total. The standard InChI is InChI=1S/C16H18N4O3S/c21-16(11-19-10-13(9-17-19)20(22)23)18-12-5-7-15(8-6-12)24-14-3-1-2-4-14/h5-10,14H,1-4,11H2,(H,18,21). The molecule has 1 aromatic heterocycles. The van der Waals surface area contributed by atoms with Gasteiger partial charge in [-0.1, -0.05) is 12.8 Å². The number of carbonyl (C=O) groups is 1. The van der Waals surface area contributed by atoms with Crippen molar-refractivity contribution in [3.63, 3.8) is 0 Å². The Morgan fingerprint density at radius 3 is 2.67 bits per heavy atom. The van der Waals surface area contributed by atoms with E-state index in [1.54, 1.807) is 0 Å². The van der Waals surface area contributed by atoms with Gasteiger partial charge in [-0.25, -0.2) is 0 Å². The third-order valence-corrected chi connectivity index (χ3v) is 5.23. The summed E-state index contributed by atoms with van der Waals surface area (Å²) < 4.78 is 1.25. The first-order valence-corrected chi connectivity index (χ1v) is 8.71.